The lowest BCUT2D eigenvalue weighted by molar-refractivity contribution is -0.174. The molecule has 1 rings (SSSR count). The van der Waals surface area contributed by atoms with Crippen LogP contribution in [0, 0.1) is 5.92 Å². The van der Waals surface area contributed by atoms with Crippen molar-refractivity contribution in [3.05, 3.63) is 0 Å². The summed E-state index contributed by atoms with van der Waals surface area (Å²) >= 11 is 5.82. The molecule has 0 aliphatic carbocycles. The Hall–Kier alpha value is -0.0000000000000000555. The lowest BCUT2D eigenvalue weighted by Crippen LogP contribution is -2.36. The van der Waals surface area contributed by atoms with Crippen LogP contribution in [0.3, 0.4) is 0 Å². The second-order valence-electron chi connectivity index (χ2n) is 4.19. The Balaban J connectivity index is 2.18. The van der Waals surface area contributed by atoms with Crippen molar-refractivity contribution in [3.63, 3.8) is 0 Å². The summed E-state index contributed by atoms with van der Waals surface area (Å²) < 4.78 is 40.0. The zero-order valence-corrected chi connectivity index (χ0v) is 10.0. The molecule has 1 aliphatic rings. The van der Waals surface area contributed by atoms with Crippen molar-refractivity contribution in [2.45, 2.75) is 25.6 Å². The van der Waals surface area contributed by atoms with Gasteiger partial charge in [-0.2, -0.15) is 13.2 Å². The molecule has 0 spiro atoms. The van der Waals surface area contributed by atoms with E-state index in [1.54, 1.807) is 0 Å². The van der Waals surface area contributed by atoms with Crippen molar-refractivity contribution in [1.29, 1.82) is 0 Å². The van der Waals surface area contributed by atoms with E-state index >= 15 is 0 Å². The topological polar surface area (TPSA) is 12.5 Å². The van der Waals surface area contributed by atoms with Gasteiger partial charge in [0.05, 0.1) is 6.61 Å². The number of ether oxygens (including phenoxy) is 1. The maximum absolute atomic E-state index is 11.8. The van der Waals surface area contributed by atoms with Crippen molar-refractivity contribution in [2.24, 2.45) is 5.92 Å². The van der Waals surface area contributed by atoms with E-state index in [1.165, 1.54) is 0 Å². The third-order valence-corrected chi connectivity index (χ3v) is 3.26. The van der Waals surface area contributed by atoms with Crippen molar-refractivity contribution < 1.29 is 17.9 Å². The largest absolute Gasteiger partial charge is 0.411 e. The maximum Gasteiger partial charge on any atom is 0.411 e. The van der Waals surface area contributed by atoms with Crippen molar-refractivity contribution in [2.75, 3.05) is 32.2 Å². The first-order valence-corrected chi connectivity index (χ1v) is 5.92. The third kappa shape index (κ3) is 4.47. The van der Waals surface area contributed by atoms with E-state index in [-0.39, 0.29) is 12.6 Å². The minimum absolute atomic E-state index is 0.111. The highest BCUT2D eigenvalue weighted by atomic mass is 35.5. The van der Waals surface area contributed by atoms with E-state index in [2.05, 4.69) is 16.6 Å². The zero-order chi connectivity index (χ0) is 12.2. The van der Waals surface area contributed by atoms with E-state index in [1.807, 2.05) is 0 Å². The van der Waals surface area contributed by atoms with Crippen molar-refractivity contribution in [3.8, 4) is 0 Å². The summed E-state index contributed by atoms with van der Waals surface area (Å²) in [6.07, 6.45) is -3.18. The zero-order valence-electron chi connectivity index (χ0n) is 9.26. The summed E-state index contributed by atoms with van der Waals surface area (Å²) in [5.74, 6) is 1.04. The van der Waals surface area contributed by atoms with Crippen LogP contribution in [-0.2, 0) is 4.74 Å². The molecule has 1 heterocycles. The SMILES string of the molecule is CC1CCN(CCOCC(F)(F)F)C1CCl. The Kier molecular flexibility index (Phi) is 5.34. The highest BCUT2D eigenvalue weighted by Crippen LogP contribution is 2.24. The van der Waals surface area contributed by atoms with Crippen LogP contribution >= 0.6 is 11.6 Å². The van der Waals surface area contributed by atoms with Crippen molar-refractivity contribution >= 4 is 11.6 Å². The van der Waals surface area contributed by atoms with Crippen LogP contribution in [0.5, 0.6) is 0 Å². The summed E-state index contributed by atoms with van der Waals surface area (Å²) in [7, 11) is 0. The molecule has 96 valence electrons. The summed E-state index contributed by atoms with van der Waals surface area (Å²) in [4.78, 5) is 2.11. The molecular formula is C10H17ClF3NO. The van der Waals surface area contributed by atoms with Crippen LogP contribution in [-0.4, -0.2) is 49.3 Å². The Bertz CT molecular complexity index is 213. The minimum Gasteiger partial charge on any atom is -0.371 e. The molecule has 0 saturated carbocycles. The van der Waals surface area contributed by atoms with E-state index in [9.17, 15) is 13.2 Å². The van der Waals surface area contributed by atoms with Crippen LogP contribution < -0.4 is 0 Å². The third-order valence-electron chi connectivity index (χ3n) is 2.94. The number of alkyl halides is 4. The highest BCUT2D eigenvalue weighted by Gasteiger charge is 2.31. The summed E-state index contributed by atoms with van der Waals surface area (Å²) in [6, 6.07) is 0.274. The second-order valence-corrected chi connectivity index (χ2v) is 4.50. The van der Waals surface area contributed by atoms with E-state index in [0.29, 0.717) is 18.3 Å². The van der Waals surface area contributed by atoms with E-state index in [0.717, 1.165) is 13.0 Å². The quantitative estimate of drug-likeness (QED) is 0.556. The molecule has 0 amide bonds. The maximum atomic E-state index is 11.8. The molecule has 0 radical (unpaired) electrons. The molecule has 1 saturated heterocycles. The molecule has 0 aromatic carbocycles. The second kappa shape index (κ2) is 6.07. The van der Waals surface area contributed by atoms with Gasteiger partial charge < -0.3 is 4.74 Å². The number of hydrogen-bond donors (Lipinski definition) is 0. The number of nitrogens with zero attached hydrogens (tertiary/aromatic N) is 1. The smallest absolute Gasteiger partial charge is 0.371 e. The van der Waals surface area contributed by atoms with Crippen molar-refractivity contribution in [1.82, 2.24) is 4.90 Å². The standard InChI is InChI=1S/C10H17ClF3NO/c1-8-2-3-15(9(8)6-11)4-5-16-7-10(12,13)14/h8-9H,2-7H2,1H3. The Morgan fingerprint density at radius 1 is 1.44 bits per heavy atom. The first-order chi connectivity index (χ1) is 7.44. The van der Waals surface area contributed by atoms with Gasteiger partial charge in [-0.1, -0.05) is 6.92 Å². The van der Waals surface area contributed by atoms with Crippen LogP contribution in [0.25, 0.3) is 0 Å². The Morgan fingerprint density at radius 2 is 2.12 bits per heavy atom. The molecule has 1 aliphatic heterocycles. The van der Waals surface area contributed by atoms with Gasteiger partial charge in [0.1, 0.15) is 6.61 Å². The van der Waals surface area contributed by atoms with Gasteiger partial charge in [0.2, 0.25) is 0 Å². The molecule has 6 heteroatoms. The molecule has 2 unspecified atom stereocenters. The molecule has 0 aromatic rings. The fourth-order valence-corrected chi connectivity index (χ4v) is 2.48. The number of rotatable bonds is 5. The summed E-state index contributed by atoms with van der Waals surface area (Å²) in [6.45, 7) is 2.48. The lowest BCUT2D eigenvalue weighted by Gasteiger charge is -2.24. The predicted octanol–water partition coefficient (Wildman–Crippen LogP) is 2.51. The number of hydrogen-bond acceptors (Lipinski definition) is 2. The molecule has 2 nitrogen and oxygen atoms in total. The Morgan fingerprint density at radius 3 is 2.69 bits per heavy atom. The van der Waals surface area contributed by atoms with Crippen LogP contribution in [0.4, 0.5) is 13.2 Å². The van der Waals surface area contributed by atoms with E-state index < -0.39 is 12.8 Å². The molecule has 2 atom stereocenters. The van der Waals surface area contributed by atoms with Gasteiger partial charge in [0.15, 0.2) is 0 Å². The van der Waals surface area contributed by atoms with E-state index in [4.69, 9.17) is 11.6 Å². The monoisotopic (exact) mass is 259 g/mol. The predicted molar refractivity (Wildman–Crippen MR) is 56.7 cm³/mol. The van der Waals surface area contributed by atoms with Crippen LogP contribution in [0.2, 0.25) is 0 Å². The summed E-state index contributed by atoms with van der Waals surface area (Å²) in [5.41, 5.74) is 0. The van der Waals surface area contributed by atoms with Gasteiger partial charge in [-0.25, -0.2) is 0 Å². The first kappa shape index (κ1) is 14.1. The van der Waals surface area contributed by atoms with Gasteiger partial charge in [-0.15, -0.1) is 11.6 Å². The fourth-order valence-electron chi connectivity index (χ4n) is 1.98. The van der Waals surface area contributed by atoms with Gasteiger partial charge in [-0.05, 0) is 18.9 Å². The minimum atomic E-state index is -4.23. The van der Waals surface area contributed by atoms with Gasteiger partial charge in [-0.3, -0.25) is 4.90 Å². The molecule has 0 N–H and O–H groups in total. The average molecular weight is 260 g/mol. The van der Waals surface area contributed by atoms with Gasteiger partial charge >= 0.3 is 6.18 Å². The average Bonchev–Trinajstić information content (AvgIpc) is 2.52. The number of likely N-dealkylation sites (tertiary alicyclic amines) is 1. The summed E-state index contributed by atoms with van der Waals surface area (Å²) in [5, 5.41) is 0. The number of halogens is 4. The van der Waals surface area contributed by atoms with Crippen LogP contribution in [0.15, 0.2) is 0 Å². The van der Waals surface area contributed by atoms with Gasteiger partial charge in [0, 0.05) is 18.5 Å². The Labute approximate surface area is 98.7 Å². The highest BCUT2D eigenvalue weighted by molar-refractivity contribution is 6.18. The molecular weight excluding hydrogens is 243 g/mol. The lowest BCUT2D eigenvalue weighted by atomic mass is 10.1. The van der Waals surface area contributed by atoms with Crippen LogP contribution in [0.1, 0.15) is 13.3 Å². The first-order valence-electron chi connectivity index (χ1n) is 5.38. The molecule has 1 fully saturated rings. The molecule has 16 heavy (non-hydrogen) atoms. The van der Waals surface area contributed by atoms with Gasteiger partial charge in [0.25, 0.3) is 0 Å². The molecule has 0 aromatic heterocycles. The normalized spacial score (nSPS) is 27.6. The molecule has 0 bridgehead atoms. The fraction of sp³-hybridized carbons (Fsp3) is 1.00.